The molecule has 0 bridgehead atoms. The van der Waals surface area contributed by atoms with Gasteiger partial charge in [-0.2, -0.15) is 4.99 Å². The van der Waals surface area contributed by atoms with Crippen molar-refractivity contribution in [3.05, 3.63) is 35.9 Å². The zero-order chi connectivity index (χ0) is 17.3. The minimum absolute atomic E-state index is 0.142. The van der Waals surface area contributed by atoms with E-state index in [2.05, 4.69) is 4.99 Å². The van der Waals surface area contributed by atoms with Gasteiger partial charge in [0.1, 0.15) is 11.3 Å². The van der Waals surface area contributed by atoms with Gasteiger partial charge in [-0.25, -0.2) is 9.59 Å². The summed E-state index contributed by atoms with van der Waals surface area (Å²) in [7, 11) is 0. The van der Waals surface area contributed by atoms with E-state index in [1.807, 2.05) is 30.3 Å². The Hall–Kier alpha value is -2.21. The molecule has 1 amide bonds. The third-order valence-corrected chi connectivity index (χ3v) is 2.68. The summed E-state index contributed by atoms with van der Waals surface area (Å²) in [6.07, 6.45) is -0.287. The molecule has 1 N–H and O–H groups in total. The van der Waals surface area contributed by atoms with Crippen LogP contribution < -0.4 is 0 Å². The number of benzene rings is 1. The number of rotatable bonds is 7. The number of hydrogen-bond donors (Lipinski definition) is 1. The summed E-state index contributed by atoms with van der Waals surface area (Å²) in [5, 5.41) is 9.08. The topological polar surface area (TPSA) is 85.2 Å². The van der Waals surface area contributed by atoms with Gasteiger partial charge in [0.05, 0.1) is 6.61 Å². The van der Waals surface area contributed by atoms with Crippen LogP contribution in [0, 0.1) is 0 Å². The van der Waals surface area contributed by atoms with Crippen molar-refractivity contribution in [3.8, 4) is 0 Å². The summed E-state index contributed by atoms with van der Waals surface area (Å²) in [5.41, 5.74) is 0.124. The summed E-state index contributed by atoms with van der Waals surface area (Å²) in [6, 6.07) is 9.68. The van der Waals surface area contributed by atoms with Crippen LogP contribution in [-0.4, -0.2) is 35.1 Å². The number of aliphatic carboxylic acids is 1. The minimum Gasteiger partial charge on any atom is -0.477 e. The lowest BCUT2D eigenvalue weighted by molar-refractivity contribution is -0.129. The van der Waals surface area contributed by atoms with Crippen molar-refractivity contribution in [2.24, 2.45) is 4.99 Å². The van der Waals surface area contributed by atoms with Crippen LogP contribution in [0.3, 0.4) is 0 Å². The van der Waals surface area contributed by atoms with E-state index in [1.165, 1.54) is 0 Å². The van der Waals surface area contributed by atoms with Gasteiger partial charge in [0.2, 0.25) is 0 Å². The zero-order valence-corrected chi connectivity index (χ0v) is 13.7. The summed E-state index contributed by atoms with van der Waals surface area (Å²) >= 11 is 0. The second-order valence-electron chi connectivity index (χ2n) is 5.99. The zero-order valence-electron chi connectivity index (χ0n) is 13.7. The molecule has 0 aliphatic heterocycles. The highest BCUT2D eigenvalue weighted by atomic mass is 16.6. The van der Waals surface area contributed by atoms with Crippen molar-refractivity contribution in [2.45, 2.75) is 45.8 Å². The van der Waals surface area contributed by atoms with Crippen LogP contribution in [0.25, 0.3) is 0 Å². The number of hydrogen-bond acceptors (Lipinski definition) is 4. The largest absolute Gasteiger partial charge is 0.477 e. The van der Waals surface area contributed by atoms with Crippen LogP contribution in [0.15, 0.2) is 35.3 Å². The van der Waals surface area contributed by atoms with Crippen LogP contribution in [-0.2, 0) is 20.9 Å². The number of ether oxygens (including phenoxy) is 2. The number of carboxylic acid groups (broad SMARTS) is 1. The van der Waals surface area contributed by atoms with Crippen molar-refractivity contribution in [2.75, 3.05) is 6.61 Å². The molecule has 1 rings (SSSR count). The molecule has 1 aromatic carbocycles. The summed E-state index contributed by atoms with van der Waals surface area (Å²) in [5.74, 6) is -1.22. The van der Waals surface area contributed by atoms with Gasteiger partial charge in [0, 0.05) is 6.61 Å². The highest BCUT2D eigenvalue weighted by Gasteiger charge is 2.18. The Labute approximate surface area is 136 Å². The number of carbonyl (C=O) groups is 2. The number of carbonyl (C=O) groups excluding carboxylic acids is 1. The summed E-state index contributed by atoms with van der Waals surface area (Å²) < 4.78 is 10.5. The molecule has 6 heteroatoms. The Morgan fingerprint density at radius 3 is 2.39 bits per heavy atom. The minimum atomic E-state index is -1.22. The number of amides is 1. The Kier molecular flexibility index (Phi) is 7.41. The standard InChI is InChI=1S/C17H23NO5/c1-17(2,3)23-16(21)18-14(15(19)20)10-7-11-22-12-13-8-5-4-6-9-13/h4-6,8-9H,7,10-12H2,1-3H3,(H,19,20). The smallest absolute Gasteiger partial charge is 0.434 e. The molecule has 0 aliphatic rings. The number of aliphatic imine (C=N–C) groups is 1. The van der Waals surface area contributed by atoms with Crippen molar-refractivity contribution in [3.63, 3.8) is 0 Å². The molecule has 0 fully saturated rings. The van der Waals surface area contributed by atoms with Crippen molar-refractivity contribution in [1.82, 2.24) is 0 Å². The molecule has 1 aromatic rings. The molecule has 0 saturated carbocycles. The monoisotopic (exact) mass is 321 g/mol. The lowest BCUT2D eigenvalue weighted by Crippen LogP contribution is -2.24. The SMILES string of the molecule is CC(C)(C)OC(=O)N=C(CCCOCc1ccccc1)C(=O)O. The first-order valence-electron chi connectivity index (χ1n) is 7.43. The van der Waals surface area contributed by atoms with E-state index in [4.69, 9.17) is 14.6 Å². The van der Waals surface area contributed by atoms with Crippen LogP contribution in [0.5, 0.6) is 0 Å². The quantitative estimate of drug-likeness (QED) is 0.614. The molecule has 0 aromatic heterocycles. The molecular formula is C17H23NO5. The third-order valence-electron chi connectivity index (χ3n) is 2.68. The average Bonchev–Trinajstić information content (AvgIpc) is 2.44. The second kappa shape index (κ2) is 9.05. The predicted octanol–water partition coefficient (Wildman–Crippen LogP) is 3.44. The van der Waals surface area contributed by atoms with Crippen LogP contribution in [0.1, 0.15) is 39.2 Å². The summed E-state index contributed by atoms with van der Waals surface area (Å²) in [6.45, 7) is 5.93. The molecule has 0 aliphatic carbocycles. The maximum absolute atomic E-state index is 11.5. The van der Waals surface area contributed by atoms with E-state index >= 15 is 0 Å². The number of nitrogens with zero attached hydrogens (tertiary/aromatic N) is 1. The maximum atomic E-state index is 11.5. The van der Waals surface area contributed by atoms with E-state index in [0.717, 1.165) is 5.56 Å². The predicted molar refractivity (Wildman–Crippen MR) is 86.6 cm³/mol. The van der Waals surface area contributed by atoms with Crippen molar-refractivity contribution >= 4 is 17.8 Å². The molecule has 0 heterocycles. The fourth-order valence-corrected chi connectivity index (χ4v) is 1.71. The molecule has 0 atom stereocenters. The lowest BCUT2D eigenvalue weighted by atomic mass is 10.2. The summed E-state index contributed by atoms with van der Waals surface area (Å²) in [4.78, 5) is 26.2. The second-order valence-corrected chi connectivity index (χ2v) is 5.99. The normalized spacial score (nSPS) is 12.0. The van der Waals surface area contributed by atoms with Crippen molar-refractivity contribution < 1.29 is 24.2 Å². The maximum Gasteiger partial charge on any atom is 0.434 e. The van der Waals surface area contributed by atoms with E-state index in [1.54, 1.807) is 20.8 Å². The van der Waals surface area contributed by atoms with Gasteiger partial charge in [-0.1, -0.05) is 30.3 Å². The average molecular weight is 321 g/mol. The van der Waals surface area contributed by atoms with Gasteiger partial charge < -0.3 is 14.6 Å². The Bertz CT molecular complexity index is 546. The molecule has 0 saturated heterocycles. The van der Waals surface area contributed by atoms with Gasteiger partial charge in [0.15, 0.2) is 0 Å². The third kappa shape index (κ3) is 8.73. The molecule has 0 unspecified atom stereocenters. The molecular weight excluding hydrogens is 298 g/mol. The van der Waals surface area contributed by atoms with Gasteiger partial charge in [0.25, 0.3) is 0 Å². The van der Waals surface area contributed by atoms with E-state index in [0.29, 0.717) is 19.6 Å². The van der Waals surface area contributed by atoms with Gasteiger partial charge in [-0.15, -0.1) is 0 Å². The Balaban J connectivity index is 2.39. The number of carboxylic acids is 1. The lowest BCUT2D eigenvalue weighted by Gasteiger charge is -2.17. The fraction of sp³-hybridized carbons (Fsp3) is 0.471. The fourth-order valence-electron chi connectivity index (χ4n) is 1.71. The first-order chi connectivity index (χ1) is 10.8. The van der Waals surface area contributed by atoms with E-state index in [-0.39, 0.29) is 12.1 Å². The molecule has 0 spiro atoms. The van der Waals surface area contributed by atoms with Gasteiger partial charge in [-0.05, 0) is 39.2 Å². The van der Waals surface area contributed by atoms with E-state index in [9.17, 15) is 9.59 Å². The first-order valence-corrected chi connectivity index (χ1v) is 7.43. The van der Waals surface area contributed by atoms with Crippen molar-refractivity contribution in [1.29, 1.82) is 0 Å². The Morgan fingerprint density at radius 2 is 1.83 bits per heavy atom. The molecule has 6 nitrogen and oxygen atoms in total. The Morgan fingerprint density at radius 1 is 1.17 bits per heavy atom. The van der Waals surface area contributed by atoms with Crippen LogP contribution in [0.4, 0.5) is 4.79 Å². The highest BCUT2D eigenvalue weighted by Crippen LogP contribution is 2.09. The van der Waals surface area contributed by atoms with Gasteiger partial charge >= 0.3 is 12.1 Å². The first kappa shape index (κ1) is 18.8. The van der Waals surface area contributed by atoms with Crippen LogP contribution >= 0.6 is 0 Å². The van der Waals surface area contributed by atoms with Crippen LogP contribution in [0.2, 0.25) is 0 Å². The van der Waals surface area contributed by atoms with E-state index < -0.39 is 17.7 Å². The van der Waals surface area contributed by atoms with Gasteiger partial charge in [-0.3, -0.25) is 0 Å². The molecule has 126 valence electrons. The molecule has 23 heavy (non-hydrogen) atoms. The highest BCUT2D eigenvalue weighted by molar-refractivity contribution is 6.37. The molecule has 0 radical (unpaired) electrons.